The molecule has 0 spiro atoms. The molecule has 0 heterocycles. The van der Waals surface area contributed by atoms with Gasteiger partial charge in [0, 0.05) is 5.02 Å². The summed E-state index contributed by atoms with van der Waals surface area (Å²) in [6, 6.07) is 11.4. The highest BCUT2D eigenvalue weighted by atomic mass is 35.5. The topological polar surface area (TPSA) is 55.8 Å². The second-order valence-electron chi connectivity index (χ2n) is 4.54. The van der Waals surface area contributed by atoms with E-state index in [2.05, 4.69) is 4.74 Å². The van der Waals surface area contributed by atoms with Crippen LogP contribution in [0.3, 0.4) is 0 Å². The first-order valence-corrected chi connectivity index (χ1v) is 8.25. The number of benzene rings is 2. The monoisotopic (exact) mass is 390 g/mol. The van der Waals surface area contributed by atoms with E-state index in [4.69, 9.17) is 44.6 Å². The summed E-state index contributed by atoms with van der Waals surface area (Å²) in [4.78, 5) is 10.4. The van der Waals surface area contributed by atoms with Crippen molar-refractivity contribution in [3.8, 4) is 17.2 Å². The lowest BCUT2D eigenvalue weighted by Gasteiger charge is -2.07. The third-order valence-electron chi connectivity index (χ3n) is 2.57. The number of carbonyl (C=O) groups excluding carboxylic acids is 1. The Morgan fingerprint density at radius 3 is 2.25 bits per heavy atom. The molecule has 1 unspecified atom stereocenters. The molecule has 0 amide bonds. The average molecular weight is 392 g/mol. The van der Waals surface area contributed by atoms with Gasteiger partial charge >= 0.3 is 5.97 Å². The summed E-state index contributed by atoms with van der Waals surface area (Å²) in [7, 11) is 0. The Hall–Kier alpha value is -1.62. The number of rotatable bonds is 4. The number of hydrogen-bond acceptors (Lipinski definition) is 4. The summed E-state index contributed by atoms with van der Waals surface area (Å²) < 4.78 is 10.0. The summed E-state index contributed by atoms with van der Waals surface area (Å²) in [5.41, 5.74) is 0. The molecule has 0 saturated heterocycles. The van der Waals surface area contributed by atoms with Crippen LogP contribution in [0.2, 0.25) is 10.0 Å². The molecular weight excluding hydrogens is 375 g/mol. The van der Waals surface area contributed by atoms with E-state index < -0.39 is 5.38 Å². The predicted octanol–water partition coefficient (Wildman–Crippen LogP) is 5.67. The average Bonchev–Trinajstić information content (AvgIpc) is 2.53. The maximum Gasteiger partial charge on any atom is 0.323 e. The molecule has 0 radical (unpaired) electrons. The van der Waals surface area contributed by atoms with Gasteiger partial charge in [0.2, 0.25) is 0 Å². The molecule has 0 aliphatic carbocycles. The second-order valence-corrected chi connectivity index (χ2v) is 6.04. The van der Waals surface area contributed by atoms with Gasteiger partial charge in [0.05, 0.1) is 11.6 Å². The molecule has 0 bridgehead atoms. The highest BCUT2D eigenvalue weighted by molar-refractivity contribution is 6.35. The minimum atomic E-state index is -0.519. The molecule has 24 heavy (non-hydrogen) atoms. The van der Waals surface area contributed by atoms with Crippen molar-refractivity contribution in [2.24, 2.45) is 0 Å². The molecule has 2 rings (SSSR count). The molecule has 1 N–H and O–H groups in total. The third kappa shape index (κ3) is 7.30. The molecule has 7 heteroatoms. The summed E-state index contributed by atoms with van der Waals surface area (Å²) >= 11 is 17.1. The van der Waals surface area contributed by atoms with Gasteiger partial charge in [-0.1, -0.05) is 23.2 Å². The minimum absolute atomic E-state index is 0.189. The highest BCUT2D eigenvalue weighted by Crippen LogP contribution is 2.31. The van der Waals surface area contributed by atoms with Crippen LogP contribution in [0.1, 0.15) is 13.8 Å². The summed E-state index contributed by atoms with van der Waals surface area (Å²) in [6.07, 6.45) is 0. The molecule has 130 valence electrons. The zero-order chi connectivity index (χ0) is 18.1. The molecule has 2 aromatic carbocycles. The first kappa shape index (κ1) is 20.4. The quantitative estimate of drug-likeness (QED) is 0.539. The largest absolute Gasteiger partial charge is 0.508 e. The van der Waals surface area contributed by atoms with Crippen LogP contribution in [0.5, 0.6) is 17.2 Å². The van der Waals surface area contributed by atoms with Gasteiger partial charge < -0.3 is 14.6 Å². The molecule has 0 aliphatic rings. The Bertz CT molecular complexity index is 657. The van der Waals surface area contributed by atoms with Crippen LogP contribution in [0, 0.1) is 0 Å². The lowest BCUT2D eigenvalue weighted by Crippen LogP contribution is -2.13. The van der Waals surface area contributed by atoms with Crippen LogP contribution in [0.25, 0.3) is 0 Å². The number of hydrogen-bond donors (Lipinski definition) is 1. The van der Waals surface area contributed by atoms with Gasteiger partial charge in [-0.3, -0.25) is 4.79 Å². The van der Waals surface area contributed by atoms with Gasteiger partial charge in [-0.15, -0.1) is 11.6 Å². The van der Waals surface area contributed by atoms with Crippen LogP contribution >= 0.6 is 34.8 Å². The van der Waals surface area contributed by atoms with Crippen molar-refractivity contribution in [2.75, 3.05) is 6.61 Å². The Morgan fingerprint density at radius 1 is 1.17 bits per heavy atom. The number of phenolic OH excluding ortho intramolecular Hbond substituents is 1. The van der Waals surface area contributed by atoms with Gasteiger partial charge in [0.15, 0.2) is 0 Å². The first-order valence-electron chi connectivity index (χ1n) is 7.06. The Labute approximate surface area is 155 Å². The number of ether oxygens (including phenoxy) is 2. The van der Waals surface area contributed by atoms with Crippen LogP contribution < -0.4 is 4.74 Å². The van der Waals surface area contributed by atoms with Crippen LogP contribution in [-0.4, -0.2) is 23.1 Å². The smallest absolute Gasteiger partial charge is 0.323 e. The Kier molecular flexibility index (Phi) is 8.76. The number of carbonyl (C=O) groups is 1. The lowest BCUT2D eigenvalue weighted by atomic mass is 10.3. The van der Waals surface area contributed by atoms with Crippen LogP contribution in [0.4, 0.5) is 0 Å². The van der Waals surface area contributed by atoms with Gasteiger partial charge in [-0.05, 0) is 56.3 Å². The number of aromatic hydroxyl groups is 1. The maximum absolute atomic E-state index is 10.4. The maximum atomic E-state index is 10.4. The normalized spacial score (nSPS) is 11.0. The molecule has 0 aromatic heterocycles. The molecular formula is C17H17Cl3O4. The fourth-order valence-corrected chi connectivity index (χ4v) is 1.97. The van der Waals surface area contributed by atoms with Gasteiger partial charge in [0.25, 0.3) is 0 Å². The van der Waals surface area contributed by atoms with Crippen molar-refractivity contribution in [3.63, 3.8) is 0 Å². The van der Waals surface area contributed by atoms with E-state index in [1.54, 1.807) is 56.3 Å². The van der Waals surface area contributed by atoms with Crippen molar-refractivity contribution in [3.05, 3.63) is 52.5 Å². The Balaban J connectivity index is 0.000000307. The van der Waals surface area contributed by atoms with E-state index in [0.29, 0.717) is 28.2 Å². The predicted molar refractivity (Wildman–Crippen MR) is 96.6 cm³/mol. The number of phenols is 1. The first-order chi connectivity index (χ1) is 11.3. The van der Waals surface area contributed by atoms with E-state index in [9.17, 15) is 4.79 Å². The van der Waals surface area contributed by atoms with Crippen molar-refractivity contribution in [1.29, 1.82) is 0 Å². The van der Waals surface area contributed by atoms with E-state index in [0.717, 1.165) is 0 Å². The molecule has 0 aliphatic heterocycles. The zero-order valence-electron chi connectivity index (χ0n) is 13.1. The SMILES string of the molecule is CCOC(=O)C(C)Cl.Oc1ccc(Oc2ccc(Cl)cc2Cl)cc1. The fourth-order valence-electron chi connectivity index (χ4n) is 1.46. The zero-order valence-corrected chi connectivity index (χ0v) is 15.4. The number of alkyl halides is 1. The summed E-state index contributed by atoms with van der Waals surface area (Å²) in [5.74, 6) is 0.961. The van der Waals surface area contributed by atoms with Crippen LogP contribution in [0.15, 0.2) is 42.5 Å². The molecule has 2 aromatic rings. The molecule has 0 fully saturated rings. The third-order valence-corrected chi connectivity index (χ3v) is 3.28. The standard InChI is InChI=1S/C12H8Cl2O2.C5H9ClO2/c13-8-1-6-12(11(14)7-8)16-10-4-2-9(15)3-5-10;1-3-8-5(7)4(2)6/h1-7,15H;4H,3H2,1-2H3. The van der Waals surface area contributed by atoms with Gasteiger partial charge in [-0.2, -0.15) is 0 Å². The second kappa shape index (κ2) is 10.3. The summed E-state index contributed by atoms with van der Waals surface area (Å²) in [5, 5.41) is 9.60. The molecule has 1 atom stereocenters. The van der Waals surface area contributed by atoms with E-state index >= 15 is 0 Å². The van der Waals surface area contributed by atoms with E-state index in [-0.39, 0.29) is 11.7 Å². The number of esters is 1. The van der Waals surface area contributed by atoms with Crippen molar-refractivity contribution < 1.29 is 19.4 Å². The van der Waals surface area contributed by atoms with E-state index in [1.165, 1.54) is 0 Å². The fraction of sp³-hybridized carbons (Fsp3) is 0.235. The van der Waals surface area contributed by atoms with Crippen LogP contribution in [-0.2, 0) is 9.53 Å². The van der Waals surface area contributed by atoms with Gasteiger partial charge in [-0.25, -0.2) is 0 Å². The van der Waals surface area contributed by atoms with Crippen molar-refractivity contribution in [1.82, 2.24) is 0 Å². The van der Waals surface area contributed by atoms with Gasteiger partial charge in [0.1, 0.15) is 22.6 Å². The minimum Gasteiger partial charge on any atom is -0.508 e. The van der Waals surface area contributed by atoms with Crippen molar-refractivity contribution >= 4 is 40.8 Å². The van der Waals surface area contributed by atoms with Crippen molar-refractivity contribution in [2.45, 2.75) is 19.2 Å². The molecule has 0 saturated carbocycles. The lowest BCUT2D eigenvalue weighted by molar-refractivity contribution is -0.142. The highest BCUT2D eigenvalue weighted by Gasteiger charge is 2.07. The van der Waals surface area contributed by atoms with E-state index in [1.807, 2.05) is 0 Å². The number of halogens is 3. The molecule has 4 nitrogen and oxygen atoms in total. The Morgan fingerprint density at radius 2 is 1.79 bits per heavy atom. The summed E-state index contributed by atoms with van der Waals surface area (Å²) in [6.45, 7) is 3.73.